The summed E-state index contributed by atoms with van der Waals surface area (Å²) >= 11 is 1.03. The SMILES string of the molecule is CC(c1ccc(-c2ccc(O)c(C34CC5CC(CC(C5)C3)C4)c2)nc1)c1sc(=O)[nH]c1O. The zero-order valence-corrected chi connectivity index (χ0v) is 19.0. The van der Waals surface area contributed by atoms with Crippen LogP contribution < -0.4 is 4.87 Å². The predicted molar refractivity (Wildman–Crippen MR) is 125 cm³/mol. The summed E-state index contributed by atoms with van der Waals surface area (Å²) in [7, 11) is 0. The highest BCUT2D eigenvalue weighted by Crippen LogP contribution is 2.62. The first kappa shape index (κ1) is 20.0. The Balaban J connectivity index is 1.32. The molecule has 0 aliphatic heterocycles. The maximum absolute atomic E-state index is 11.5. The van der Waals surface area contributed by atoms with E-state index in [0.29, 0.717) is 10.6 Å². The average molecular weight is 449 g/mol. The molecule has 3 aromatic rings. The molecule has 0 amide bonds. The Morgan fingerprint density at radius 2 is 1.75 bits per heavy atom. The van der Waals surface area contributed by atoms with Gasteiger partial charge in [0.15, 0.2) is 0 Å². The number of aromatic nitrogens is 2. The molecule has 1 aromatic carbocycles. The Labute approximate surface area is 191 Å². The minimum atomic E-state index is -0.254. The van der Waals surface area contributed by atoms with E-state index >= 15 is 0 Å². The molecule has 2 aromatic heterocycles. The first-order valence-electron chi connectivity index (χ1n) is 11.6. The molecular formula is C26H28N2O3S. The number of aromatic amines is 1. The lowest BCUT2D eigenvalue weighted by molar-refractivity contribution is -0.00611. The molecule has 7 rings (SSSR count). The molecule has 1 unspecified atom stereocenters. The summed E-state index contributed by atoms with van der Waals surface area (Å²) in [6, 6.07) is 9.98. The van der Waals surface area contributed by atoms with Gasteiger partial charge in [0.1, 0.15) is 5.75 Å². The third-order valence-corrected chi connectivity index (χ3v) is 9.29. The fourth-order valence-corrected chi connectivity index (χ4v) is 7.98. The number of rotatable bonds is 4. The molecule has 6 heteroatoms. The third kappa shape index (κ3) is 3.19. The standard InChI is InChI=1S/C26H28N2O3S/c1-14(23-24(30)28-25(31)32-23)19-2-4-21(27-13-19)18-3-5-22(29)20(9-18)26-10-15-6-16(11-26)8-17(7-15)12-26/h2-5,9,13-17,29-30H,6-8,10-12H2,1H3,(H,28,31). The summed E-state index contributed by atoms with van der Waals surface area (Å²) in [6.45, 7) is 1.96. The van der Waals surface area contributed by atoms with E-state index in [4.69, 9.17) is 4.98 Å². The number of phenolic OH excluding ortho intramolecular Hbond substituents is 1. The Morgan fingerprint density at radius 1 is 1.06 bits per heavy atom. The molecule has 166 valence electrons. The number of H-pyrrole nitrogens is 1. The van der Waals surface area contributed by atoms with Gasteiger partial charge in [-0.3, -0.25) is 14.8 Å². The van der Waals surface area contributed by atoms with Gasteiger partial charge in [-0.05, 0) is 91.5 Å². The van der Waals surface area contributed by atoms with Gasteiger partial charge in [0.25, 0.3) is 0 Å². The first-order chi connectivity index (χ1) is 15.4. The van der Waals surface area contributed by atoms with Crippen molar-refractivity contribution in [1.29, 1.82) is 0 Å². The zero-order chi connectivity index (χ0) is 22.0. The number of nitrogens with zero attached hydrogens (tertiary/aromatic N) is 1. The highest BCUT2D eigenvalue weighted by atomic mass is 32.1. The summed E-state index contributed by atoms with van der Waals surface area (Å²) in [5.74, 6) is 2.72. The molecule has 4 fully saturated rings. The van der Waals surface area contributed by atoms with Gasteiger partial charge in [-0.1, -0.05) is 24.3 Å². The number of benzene rings is 1. The average Bonchev–Trinajstić information content (AvgIpc) is 3.10. The monoisotopic (exact) mass is 448 g/mol. The number of hydrogen-bond donors (Lipinski definition) is 3. The molecule has 4 aliphatic rings. The van der Waals surface area contributed by atoms with Crippen LogP contribution in [0.3, 0.4) is 0 Å². The number of aromatic hydroxyl groups is 2. The van der Waals surface area contributed by atoms with Crippen molar-refractivity contribution in [3.05, 3.63) is 62.2 Å². The van der Waals surface area contributed by atoms with E-state index in [9.17, 15) is 15.0 Å². The van der Waals surface area contributed by atoms with Crippen LogP contribution in [0, 0.1) is 17.8 Å². The Kier molecular flexibility index (Phi) is 4.51. The molecule has 2 heterocycles. The van der Waals surface area contributed by atoms with Crippen molar-refractivity contribution in [2.24, 2.45) is 17.8 Å². The molecule has 4 saturated carbocycles. The number of nitrogens with one attached hydrogen (secondary N) is 1. The van der Waals surface area contributed by atoms with Crippen molar-refractivity contribution in [2.45, 2.75) is 56.8 Å². The van der Waals surface area contributed by atoms with Crippen LogP contribution in [0.4, 0.5) is 0 Å². The second-order valence-electron chi connectivity index (χ2n) is 10.4. The molecule has 0 spiro atoms. The summed E-state index contributed by atoms with van der Waals surface area (Å²) in [5.41, 5.74) is 4.10. The topological polar surface area (TPSA) is 86.2 Å². The van der Waals surface area contributed by atoms with Crippen LogP contribution in [0.1, 0.15) is 67.4 Å². The van der Waals surface area contributed by atoms with Crippen LogP contribution in [0.5, 0.6) is 11.6 Å². The highest BCUT2D eigenvalue weighted by Gasteiger charge is 2.52. The minimum absolute atomic E-state index is 0.0599. The number of thiazole rings is 1. The van der Waals surface area contributed by atoms with Crippen molar-refractivity contribution in [2.75, 3.05) is 0 Å². The van der Waals surface area contributed by atoms with Crippen LogP contribution in [0.15, 0.2) is 41.3 Å². The lowest BCUT2D eigenvalue weighted by Gasteiger charge is -2.57. The van der Waals surface area contributed by atoms with Gasteiger partial charge in [-0.25, -0.2) is 0 Å². The highest BCUT2D eigenvalue weighted by molar-refractivity contribution is 7.09. The summed E-state index contributed by atoms with van der Waals surface area (Å²) < 4.78 is 0. The van der Waals surface area contributed by atoms with Crippen LogP contribution in [-0.4, -0.2) is 20.2 Å². The molecule has 3 N–H and O–H groups in total. The molecule has 5 nitrogen and oxygen atoms in total. The second-order valence-corrected chi connectivity index (χ2v) is 11.4. The summed E-state index contributed by atoms with van der Waals surface area (Å²) in [4.78, 5) is 19.0. The molecule has 4 bridgehead atoms. The van der Waals surface area contributed by atoms with Gasteiger partial charge in [-0.2, -0.15) is 0 Å². The van der Waals surface area contributed by atoms with Gasteiger partial charge >= 0.3 is 4.87 Å². The van der Waals surface area contributed by atoms with Crippen LogP contribution >= 0.6 is 11.3 Å². The Hall–Kier alpha value is -2.60. The van der Waals surface area contributed by atoms with Gasteiger partial charge in [-0.15, -0.1) is 0 Å². The van der Waals surface area contributed by atoms with E-state index in [1.54, 1.807) is 0 Å². The molecule has 0 saturated heterocycles. The molecule has 32 heavy (non-hydrogen) atoms. The molecule has 1 atom stereocenters. The lowest BCUT2D eigenvalue weighted by atomic mass is 9.48. The summed E-state index contributed by atoms with van der Waals surface area (Å²) in [6.07, 6.45) is 9.60. The van der Waals surface area contributed by atoms with Crippen LogP contribution in [0.25, 0.3) is 11.3 Å². The van der Waals surface area contributed by atoms with Crippen molar-refractivity contribution in [3.8, 4) is 22.9 Å². The zero-order valence-electron chi connectivity index (χ0n) is 18.2. The predicted octanol–water partition coefficient (Wildman–Crippen LogP) is 5.53. The maximum Gasteiger partial charge on any atom is 0.307 e. The van der Waals surface area contributed by atoms with Gasteiger partial charge in [0.2, 0.25) is 5.88 Å². The van der Waals surface area contributed by atoms with E-state index in [2.05, 4.69) is 11.1 Å². The number of phenols is 1. The van der Waals surface area contributed by atoms with E-state index in [-0.39, 0.29) is 22.1 Å². The fourth-order valence-electron chi connectivity index (χ4n) is 7.17. The Morgan fingerprint density at radius 3 is 2.31 bits per heavy atom. The van der Waals surface area contributed by atoms with Crippen LogP contribution in [0.2, 0.25) is 0 Å². The Bertz CT molecular complexity index is 1190. The molecular weight excluding hydrogens is 420 g/mol. The van der Waals surface area contributed by atoms with E-state index in [0.717, 1.165) is 51.5 Å². The van der Waals surface area contributed by atoms with E-state index in [1.807, 2.05) is 37.4 Å². The minimum Gasteiger partial charge on any atom is -0.508 e. The summed E-state index contributed by atoms with van der Waals surface area (Å²) in [5, 5.41) is 20.8. The van der Waals surface area contributed by atoms with Crippen LogP contribution in [-0.2, 0) is 5.41 Å². The van der Waals surface area contributed by atoms with Crippen molar-refractivity contribution >= 4 is 11.3 Å². The van der Waals surface area contributed by atoms with Gasteiger partial charge in [0, 0.05) is 23.2 Å². The van der Waals surface area contributed by atoms with Crippen molar-refractivity contribution in [1.82, 2.24) is 9.97 Å². The smallest absolute Gasteiger partial charge is 0.307 e. The molecule has 0 radical (unpaired) electrons. The fraction of sp³-hybridized carbons (Fsp3) is 0.462. The van der Waals surface area contributed by atoms with E-state index < -0.39 is 0 Å². The lowest BCUT2D eigenvalue weighted by Crippen LogP contribution is -2.48. The van der Waals surface area contributed by atoms with Crippen molar-refractivity contribution < 1.29 is 10.2 Å². The normalized spacial score (nSPS) is 29.3. The quantitative estimate of drug-likeness (QED) is 0.490. The number of hydrogen-bond acceptors (Lipinski definition) is 5. The third-order valence-electron chi connectivity index (χ3n) is 8.24. The second kappa shape index (κ2) is 7.20. The van der Waals surface area contributed by atoms with E-state index in [1.165, 1.54) is 38.5 Å². The number of pyridine rings is 1. The molecule has 4 aliphatic carbocycles. The van der Waals surface area contributed by atoms with Gasteiger partial charge < -0.3 is 10.2 Å². The largest absolute Gasteiger partial charge is 0.508 e. The van der Waals surface area contributed by atoms with Gasteiger partial charge in [0.05, 0.1) is 10.6 Å². The van der Waals surface area contributed by atoms with Crippen molar-refractivity contribution in [3.63, 3.8) is 0 Å². The maximum atomic E-state index is 11.5. The first-order valence-corrected chi connectivity index (χ1v) is 12.4.